The molecule has 2 N–H and O–H groups in total. The zero-order valence-corrected chi connectivity index (χ0v) is 12.0. The molecule has 0 saturated carbocycles. The Hall–Kier alpha value is -1.88. The van der Waals surface area contributed by atoms with E-state index < -0.39 is 0 Å². The van der Waals surface area contributed by atoms with E-state index in [4.69, 9.17) is 10.5 Å². The lowest BCUT2D eigenvalue weighted by Crippen LogP contribution is -2.47. The third kappa shape index (κ3) is 2.29. The highest BCUT2D eigenvalue weighted by Gasteiger charge is 2.31. The van der Waals surface area contributed by atoms with E-state index >= 15 is 0 Å². The number of benzene rings is 1. The summed E-state index contributed by atoms with van der Waals surface area (Å²) in [4.78, 5) is 11.1. The number of aromatic nitrogens is 2. The van der Waals surface area contributed by atoms with Crippen molar-refractivity contribution in [3.8, 4) is 0 Å². The van der Waals surface area contributed by atoms with Gasteiger partial charge in [-0.05, 0) is 38.0 Å². The first-order valence-electron chi connectivity index (χ1n) is 6.92. The van der Waals surface area contributed by atoms with Crippen molar-refractivity contribution in [2.24, 2.45) is 0 Å². The van der Waals surface area contributed by atoms with E-state index in [1.807, 2.05) is 18.2 Å². The fourth-order valence-corrected chi connectivity index (χ4v) is 2.87. The highest BCUT2D eigenvalue weighted by Crippen LogP contribution is 2.31. The maximum Gasteiger partial charge on any atom is 0.140 e. The van der Waals surface area contributed by atoms with E-state index in [0.717, 1.165) is 48.3 Å². The lowest BCUT2D eigenvalue weighted by molar-refractivity contribution is -0.00475. The molecule has 1 unspecified atom stereocenters. The van der Waals surface area contributed by atoms with Gasteiger partial charge in [-0.1, -0.05) is 0 Å². The van der Waals surface area contributed by atoms with Crippen LogP contribution in [0.4, 0.5) is 11.5 Å². The van der Waals surface area contributed by atoms with Crippen LogP contribution in [0.15, 0.2) is 24.5 Å². The Morgan fingerprint density at radius 1 is 1.35 bits per heavy atom. The van der Waals surface area contributed by atoms with Crippen molar-refractivity contribution in [1.82, 2.24) is 9.97 Å². The zero-order valence-electron chi connectivity index (χ0n) is 12.0. The zero-order chi connectivity index (χ0) is 14.2. The van der Waals surface area contributed by atoms with Gasteiger partial charge in [0.15, 0.2) is 0 Å². The summed E-state index contributed by atoms with van der Waals surface area (Å²) in [6.45, 7) is 3.97. The number of nitrogens with two attached hydrogens (primary N) is 1. The van der Waals surface area contributed by atoms with Gasteiger partial charge in [-0.3, -0.25) is 0 Å². The summed E-state index contributed by atoms with van der Waals surface area (Å²) < 4.78 is 5.66. The van der Waals surface area contributed by atoms with E-state index in [0.29, 0.717) is 0 Å². The maximum absolute atomic E-state index is 5.90. The van der Waals surface area contributed by atoms with Crippen LogP contribution in [0.5, 0.6) is 0 Å². The Labute approximate surface area is 118 Å². The number of hydrogen-bond acceptors (Lipinski definition) is 5. The molecule has 0 spiro atoms. The van der Waals surface area contributed by atoms with Crippen LogP contribution in [-0.2, 0) is 4.74 Å². The predicted molar refractivity (Wildman–Crippen MR) is 80.8 cm³/mol. The summed E-state index contributed by atoms with van der Waals surface area (Å²) in [5.41, 5.74) is 7.45. The molecule has 20 heavy (non-hydrogen) atoms. The van der Waals surface area contributed by atoms with Gasteiger partial charge in [-0.15, -0.1) is 0 Å². The maximum atomic E-state index is 5.90. The molecular weight excluding hydrogens is 252 g/mol. The number of methoxy groups -OCH3 is 1. The Morgan fingerprint density at radius 2 is 2.20 bits per heavy atom. The number of ether oxygens (including phenoxy) is 1. The van der Waals surface area contributed by atoms with Crippen LogP contribution in [0.2, 0.25) is 0 Å². The molecule has 1 aromatic heterocycles. The quantitative estimate of drug-likeness (QED) is 0.849. The number of piperidine rings is 1. The van der Waals surface area contributed by atoms with Crippen LogP contribution in [0.3, 0.4) is 0 Å². The second-order valence-corrected chi connectivity index (χ2v) is 5.65. The monoisotopic (exact) mass is 272 g/mol. The number of fused-ring (bicyclic) bond motifs is 1. The van der Waals surface area contributed by atoms with Gasteiger partial charge in [0, 0.05) is 31.3 Å². The fraction of sp³-hybridized carbons (Fsp3) is 0.467. The van der Waals surface area contributed by atoms with Crippen molar-refractivity contribution >= 4 is 22.4 Å². The molecule has 1 saturated heterocycles. The van der Waals surface area contributed by atoms with Crippen molar-refractivity contribution < 1.29 is 4.74 Å². The number of hydrogen-bond donors (Lipinski definition) is 1. The van der Waals surface area contributed by atoms with E-state index in [-0.39, 0.29) is 5.60 Å². The van der Waals surface area contributed by atoms with E-state index in [2.05, 4.69) is 21.8 Å². The van der Waals surface area contributed by atoms with Crippen LogP contribution in [0, 0.1) is 0 Å². The first-order chi connectivity index (χ1) is 9.61. The second-order valence-electron chi connectivity index (χ2n) is 5.65. The second kappa shape index (κ2) is 4.90. The molecule has 3 rings (SSSR count). The highest BCUT2D eigenvalue weighted by atomic mass is 16.5. The van der Waals surface area contributed by atoms with Gasteiger partial charge in [0.1, 0.15) is 12.1 Å². The SMILES string of the molecule is COC1(C)CCCN(c2ncnc3ccc(N)cc23)C1. The molecular formula is C15H20N4O. The smallest absolute Gasteiger partial charge is 0.140 e. The van der Waals surface area contributed by atoms with Crippen LogP contribution < -0.4 is 10.6 Å². The average Bonchev–Trinajstić information content (AvgIpc) is 2.46. The Bertz CT molecular complexity index is 630. The van der Waals surface area contributed by atoms with Gasteiger partial charge in [0.05, 0.1) is 11.1 Å². The number of nitrogens with zero attached hydrogens (tertiary/aromatic N) is 3. The van der Waals surface area contributed by atoms with Gasteiger partial charge in [0.2, 0.25) is 0 Å². The fourth-order valence-electron chi connectivity index (χ4n) is 2.87. The van der Waals surface area contributed by atoms with Gasteiger partial charge in [0.25, 0.3) is 0 Å². The van der Waals surface area contributed by atoms with Crippen LogP contribution >= 0.6 is 0 Å². The molecule has 0 radical (unpaired) electrons. The molecule has 5 nitrogen and oxygen atoms in total. The van der Waals surface area contributed by atoms with Gasteiger partial charge < -0.3 is 15.4 Å². The summed E-state index contributed by atoms with van der Waals surface area (Å²) in [7, 11) is 1.78. The van der Waals surface area contributed by atoms with Crippen molar-refractivity contribution in [3.63, 3.8) is 0 Å². The molecule has 1 aromatic carbocycles. The van der Waals surface area contributed by atoms with Crippen molar-refractivity contribution in [1.29, 1.82) is 0 Å². The summed E-state index contributed by atoms with van der Waals surface area (Å²) in [5.74, 6) is 0.949. The lowest BCUT2D eigenvalue weighted by atomic mass is 9.94. The Morgan fingerprint density at radius 3 is 3.00 bits per heavy atom. The van der Waals surface area contributed by atoms with Crippen LogP contribution in [0.25, 0.3) is 10.9 Å². The molecule has 1 atom stereocenters. The molecule has 106 valence electrons. The summed E-state index contributed by atoms with van der Waals surface area (Å²) in [6, 6.07) is 5.76. The first-order valence-corrected chi connectivity index (χ1v) is 6.92. The number of rotatable bonds is 2. The van der Waals surface area contributed by atoms with Crippen molar-refractivity contribution in [2.45, 2.75) is 25.4 Å². The predicted octanol–water partition coefficient (Wildman–Crippen LogP) is 2.22. The van der Waals surface area contributed by atoms with Crippen molar-refractivity contribution in [2.75, 3.05) is 30.8 Å². The molecule has 0 amide bonds. The van der Waals surface area contributed by atoms with Gasteiger partial charge >= 0.3 is 0 Å². The highest BCUT2D eigenvalue weighted by molar-refractivity contribution is 5.91. The molecule has 1 fully saturated rings. The molecule has 0 aliphatic carbocycles. The normalized spacial score (nSPS) is 23.2. The minimum Gasteiger partial charge on any atom is -0.399 e. The topological polar surface area (TPSA) is 64.3 Å². The Balaban J connectivity index is 2.03. The molecule has 0 bridgehead atoms. The molecule has 2 heterocycles. The first kappa shape index (κ1) is 13.1. The van der Waals surface area contributed by atoms with Crippen LogP contribution in [0.1, 0.15) is 19.8 Å². The van der Waals surface area contributed by atoms with E-state index in [1.54, 1.807) is 13.4 Å². The van der Waals surface area contributed by atoms with E-state index in [1.165, 1.54) is 0 Å². The largest absolute Gasteiger partial charge is 0.399 e. The molecule has 1 aliphatic rings. The summed E-state index contributed by atoms with van der Waals surface area (Å²) in [5, 5.41) is 1.01. The third-order valence-electron chi connectivity index (χ3n) is 4.09. The summed E-state index contributed by atoms with van der Waals surface area (Å²) >= 11 is 0. The van der Waals surface area contributed by atoms with Gasteiger partial charge in [-0.25, -0.2) is 9.97 Å². The lowest BCUT2D eigenvalue weighted by Gasteiger charge is -2.40. The van der Waals surface area contributed by atoms with E-state index in [9.17, 15) is 0 Å². The third-order valence-corrected chi connectivity index (χ3v) is 4.09. The Kier molecular flexibility index (Phi) is 3.22. The van der Waals surface area contributed by atoms with Gasteiger partial charge in [-0.2, -0.15) is 0 Å². The molecule has 2 aromatic rings. The minimum atomic E-state index is -0.115. The standard InChI is InChI=1S/C15H20N4O/c1-15(20-2)6-3-7-19(9-15)14-12-8-11(16)4-5-13(12)17-10-18-14/h4-5,8,10H,3,6-7,9,16H2,1-2H3. The number of anilines is 2. The molecule has 5 heteroatoms. The summed E-state index contributed by atoms with van der Waals surface area (Å²) in [6.07, 6.45) is 3.79. The molecule has 1 aliphatic heterocycles. The minimum absolute atomic E-state index is 0.115. The van der Waals surface area contributed by atoms with Crippen molar-refractivity contribution in [3.05, 3.63) is 24.5 Å². The number of nitrogen functional groups attached to an aromatic ring is 1. The average molecular weight is 272 g/mol. The van der Waals surface area contributed by atoms with Crippen LogP contribution in [-0.4, -0.2) is 35.8 Å².